The first kappa shape index (κ1) is 14.7. The Morgan fingerprint density at radius 3 is 2.44 bits per heavy atom. The zero-order valence-electron chi connectivity index (χ0n) is 11.6. The van der Waals surface area contributed by atoms with E-state index < -0.39 is 0 Å². The van der Waals surface area contributed by atoms with E-state index in [9.17, 15) is 4.79 Å². The fourth-order valence-electron chi connectivity index (χ4n) is 1.37. The van der Waals surface area contributed by atoms with Gasteiger partial charge in [-0.3, -0.25) is 0 Å². The second kappa shape index (κ2) is 6.52. The maximum absolute atomic E-state index is 11.7. The lowest BCUT2D eigenvalue weighted by atomic mass is 10.0. The molecule has 0 aliphatic carbocycles. The van der Waals surface area contributed by atoms with E-state index in [-0.39, 0.29) is 11.5 Å². The van der Waals surface area contributed by atoms with E-state index in [1.807, 2.05) is 46.1 Å². The molecule has 4 nitrogen and oxygen atoms in total. The van der Waals surface area contributed by atoms with Crippen LogP contribution in [-0.2, 0) is 4.84 Å². The van der Waals surface area contributed by atoms with Gasteiger partial charge in [-0.25, -0.2) is 4.79 Å². The first-order valence-electron chi connectivity index (χ1n) is 6.09. The quantitative estimate of drug-likeness (QED) is 0.785. The number of hydrogen-bond donors (Lipinski definition) is 1. The van der Waals surface area contributed by atoms with Gasteiger partial charge in [-0.1, -0.05) is 18.2 Å². The molecule has 1 aromatic carbocycles. The summed E-state index contributed by atoms with van der Waals surface area (Å²) in [5.41, 5.74) is 3.14. The molecule has 0 aliphatic heterocycles. The van der Waals surface area contributed by atoms with E-state index in [0.29, 0.717) is 5.56 Å². The molecule has 0 aliphatic rings. The fourth-order valence-corrected chi connectivity index (χ4v) is 1.37. The molecule has 0 aromatic heterocycles. The number of carbonyl (C=O) groups is 1. The summed E-state index contributed by atoms with van der Waals surface area (Å²) in [5, 5.41) is 0. The standard InChI is InChI=1S/C14H22N2O2/c1-14(2,10-11-16(3)4)15-18-13(17)12-8-6-5-7-9-12/h5-9,15H,10-11H2,1-4H3. The molecule has 1 N–H and O–H groups in total. The number of hydroxylamine groups is 1. The Labute approximate surface area is 109 Å². The van der Waals surface area contributed by atoms with Gasteiger partial charge in [-0.05, 0) is 53.0 Å². The zero-order chi connectivity index (χ0) is 13.6. The van der Waals surface area contributed by atoms with Crippen molar-refractivity contribution in [2.75, 3.05) is 20.6 Å². The Morgan fingerprint density at radius 2 is 1.89 bits per heavy atom. The molecule has 4 heteroatoms. The zero-order valence-corrected chi connectivity index (χ0v) is 11.6. The van der Waals surface area contributed by atoms with Crippen LogP contribution in [0.2, 0.25) is 0 Å². The van der Waals surface area contributed by atoms with Crippen molar-refractivity contribution in [3.05, 3.63) is 35.9 Å². The molecule has 18 heavy (non-hydrogen) atoms. The van der Waals surface area contributed by atoms with Crippen LogP contribution in [0.1, 0.15) is 30.6 Å². The van der Waals surface area contributed by atoms with E-state index in [4.69, 9.17) is 4.84 Å². The second-order valence-corrected chi connectivity index (χ2v) is 5.29. The van der Waals surface area contributed by atoms with Gasteiger partial charge in [0.05, 0.1) is 5.56 Å². The summed E-state index contributed by atoms with van der Waals surface area (Å²) < 4.78 is 0. The molecule has 0 heterocycles. The van der Waals surface area contributed by atoms with E-state index in [2.05, 4.69) is 10.4 Å². The van der Waals surface area contributed by atoms with Crippen LogP contribution in [0.5, 0.6) is 0 Å². The van der Waals surface area contributed by atoms with E-state index in [1.54, 1.807) is 12.1 Å². The summed E-state index contributed by atoms with van der Waals surface area (Å²) in [5.74, 6) is -0.353. The maximum Gasteiger partial charge on any atom is 0.356 e. The predicted molar refractivity (Wildman–Crippen MR) is 72.2 cm³/mol. The molecule has 0 amide bonds. The van der Waals surface area contributed by atoms with E-state index in [1.165, 1.54) is 0 Å². The average Bonchev–Trinajstić information content (AvgIpc) is 2.35. The van der Waals surface area contributed by atoms with Crippen LogP contribution < -0.4 is 5.48 Å². The fraction of sp³-hybridized carbons (Fsp3) is 0.500. The van der Waals surface area contributed by atoms with Gasteiger partial charge < -0.3 is 9.74 Å². The van der Waals surface area contributed by atoms with Gasteiger partial charge >= 0.3 is 5.97 Å². The van der Waals surface area contributed by atoms with Gasteiger partial charge in [0, 0.05) is 5.54 Å². The number of rotatable bonds is 6. The third-order valence-corrected chi connectivity index (χ3v) is 2.61. The van der Waals surface area contributed by atoms with Crippen LogP contribution in [0, 0.1) is 0 Å². The molecule has 0 bridgehead atoms. The van der Waals surface area contributed by atoms with E-state index in [0.717, 1.165) is 13.0 Å². The summed E-state index contributed by atoms with van der Waals surface area (Å²) in [7, 11) is 4.04. The lowest BCUT2D eigenvalue weighted by Crippen LogP contribution is -2.42. The molecule has 0 fully saturated rings. The molecule has 0 unspecified atom stereocenters. The minimum atomic E-state index is -0.353. The lowest BCUT2D eigenvalue weighted by molar-refractivity contribution is -0.00134. The monoisotopic (exact) mass is 250 g/mol. The van der Waals surface area contributed by atoms with Gasteiger partial charge in [0.25, 0.3) is 0 Å². The highest BCUT2D eigenvalue weighted by atomic mass is 16.7. The Balaban J connectivity index is 2.42. The van der Waals surface area contributed by atoms with Gasteiger partial charge in [-0.2, -0.15) is 0 Å². The first-order chi connectivity index (χ1) is 8.41. The SMILES string of the molecule is CN(C)CCC(C)(C)NOC(=O)c1ccccc1. The summed E-state index contributed by atoms with van der Waals surface area (Å²) in [4.78, 5) is 19.0. The smallest absolute Gasteiger partial charge is 0.356 e. The molecular weight excluding hydrogens is 228 g/mol. The van der Waals surface area contributed by atoms with Crippen LogP contribution in [-0.4, -0.2) is 37.0 Å². The average molecular weight is 250 g/mol. The molecule has 0 radical (unpaired) electrons. The number of nitrogens with one attached hydrogen (secondary N) is 1. The van der Waals surface area contributed by atoms with Crippen molar-refractivity contribution in [3.63, 3.8) is 0 Å². The second-order valence-electron chi connectivity index (χ2n) is 5.29. The van der Waals surface area contributed by atoms with Crippen molar-refractivity contribution < 1.29 is 9.63 Å². The minimum absolute atomic E-state index is 0.241. The highest BCUT2D eigenvalue weighted by Gasteiger charge is 2.20. The molecule has 0 atom stereocenters. The molecule has 100 valence electrons. The topological polar surface area (TPSA) is 41.6 Å². The Bertz CT molecular complexity index is 375. The normalized spacial score (nSPS) is 11.6. The summed E-state index contributed by atoms with van der Waals surface area (Å²) >= 11 is 0. The van der Waals surface area contributed by atoms with Crippen LogP contribution in [0.3, 0.4) is 0 Å². The van der Waals surface area contributed by atoms with Crippen LogP contribution in [0.15, 0.2) is 30.3 Å². The largest absolute Gasteiger partial charge is 0.366 e. The number of carbonyl (C=O) groups excluding carboxylic acids is 1. The number of nitrogens with zero attached hydrogens (tertiary/aromatic N) is 1. The van der Waals surface area contributed by atoms with Crippen molar-refractivity contribution >= 4 is 5.97 Å². The third-order valence-electron chi connectivity index (χ3n) is 2.61. The Hall–Kier alpha value is -1.39. The Morgan fingerprint density at radius 1 is 1.28 bits per heavy atom. The molecule has 0 saturated heterocycles. The van der Waals surface area contributed by atoms with Crippen LogP contribution in [0.4, 0.5) is 0 Å². The van der Waals surface area contributed by atoms with Gasteiger partial charge in [0.2, 0.25) is 0 Å². The highest BCUT2D eigenvalue weighted by Crippen LogP contribution is 2.09. The Kier molecular flexibility index (Phi) is 5.31. The van der Waals surface area contributed by atoms with E-state index >= 15 is 0 Å². The lowest BCUT2D eigenvalue weighted by Gasteiger charge is -2.26. The molecule has 1 rings (SSSR count). The molecule has 0 saturated carbocycles. The summed E-state index contributed by atoms with van der Waals surface area (Å²) in [6.07, 6.45) is 0.891. The van der Waals surface area contributed by atoms with Gasteiger partial charge in [0.1, 0.15) is 0 Å². The molecule has 0 spiro atoms. The van der Waals surface area contributed by atoms with Crippen LogP contribution in [0.25, 0.3) is 0 Å². The highest BCUT2D eigenvalue weighted by molar-refractivity contribution is 5.89. The van der Waals surface area contributed by atoms with Crippen LogP contribution >= 0.6 is 0 Å². The molecular formula is C14H22N2O2. The third kappa shape index (κ3) is 5.29. The summed E-state index contributed by atoms with van der Waals surface area (Å²) in [6, 6.07) is 8.96. The molecule has 1 aromatic rings. The summed E-state index contributed by atoms with van der Waals surface area (Å²) in [6.45, 7) is 4.95. The maximum atomic E-state index is 11.7. The van der Waals surface area contributed by atoms with Gasteiger partial charge in [0.15, 0.2) is 0 Å². The number of benzene rings is 1. The first-order valence-corrected chi connectivity index (χ1v) is 6.09. The van der Waals surface area contributed by atoms with Crippen molar-refractivity contribution in [1.82, 2.24) is 10.4 Å². The van der Waals surface area contributed by atoms with Crippen molar-refractivity contribution in [3.8, 4) is 0 Å². The van der Waals surface area contributed by atoms with Crippen molar-refractivity contribution in [2.24, 2.45) is 0 Å². The van der Waals surface area contributed by atoms with Gasteiger partial charge in [-0.15, -0.1) is 5.48 Å². The van der Waals surface area contributed by atoms with Crippen molar-refractivity contribution in [1.29, 1.82) is 0 Å². The minimum Gasteiger partial charge on any atom is -0.366 e. The predicted octanol–water partition coefficient (Wildman–Crippen LogP) is 2.08. The van der Waals surface area contributed by atoms with Crippen molar-refractivity contribution in [2.45, 2.75) is 25.8 Å². The number of hydrogen-bond acceptors (Lipinski definition) is 4.